The van der Waals surface area contributed by atoms with Gasteiger partial charge in [0.1, 0.15) is 0 Å². The number of hydrogen-bond acceptors (Lipinski definition) is 6. The minimum absolute atomic E-state index is 0.0853. The van der Waals surface area contributed by atoms with Crippen LogP contribution in [0.3, 0.4) is 0 Å². The fraction of sp³-hybridized carbons (Fsp3) is 0.267. The van der Waals surface area contributed by atoms with E-state index >= 15 is 0 Å². The Labute approximate surface area is 141 Å². The van der Waals surface area contributed by atoms with Gasteiger partial charge in [-0.3, -0.25) is 10.1 Å². The summed E-state index contributed by atoms with van der Waals surface area (Å²) in [6, 6.07) is 6.90. The zero-order valence-electron chi connectivity index (χ0n) is 12.7. The van der Waals surface area contributed by atoms with Gasteiger partial charge in [0.15, 0.2) is 11.5 Å². The summed E-state index contributed by atoms with van der Waals surface area (Å²) in [5, 5.41) is 14.1. The van der Waals surface area contributed by atoms with Crippen molar-refractivity contribution < 1.29 is 14.4 Å². The maximum atomic E-state index is 11.1. The van der Waals surface area contributed by atoms with Crippen LogP contribution in [0, 0.1) is 10.1 Å². The fourth-order valence-electron chi connectivity index (χ4n) is 1.99. The van der Waals surface area contributed by atoms with Crippen LogP contribution >= 0.6 is 15.9 Å². The molecule has 0 unspecified atom stereocenters. The first-order chi connectivity index (χ1) is 11.0. The van der Waals surface area contributed by atoms with Crippen molar-refractivity contribution in [2.24, 2.45) is 0 Å². The first-order valence-electron chi connectivity index (χ1n) is 6.88. The molecule has 0 aliphatic heterocycles. The van der Waals surface area contributed by atoms with Gasteiger partial charge in [0.2, 0.25) is 5.82 Å². The minimum Gasteiger partial charge on any atom is -0.493 e. The van der Waals surface area contributed by atoms with E-state index in [0.29, 0.717) is 29.1 Å². The largest absolute Gasteiger partial charge is 0.493 e. The number of hydrogen-bond donors (Lipinski definition) is 1. The normalized spacial score (nSPS) is 10.2. The molecule has 0 fully saturated rings. The van der Waals surface area contributed by atoms with Gasteiger partial charge in [-0.1, -0.05) is 6.07 Å². The Morgan fingerprint density at radius 3 is 2.78 bits per heavy atom. The Kier molecular flexibility index (Phi) is 5.75. The van der Waals surface area contributed by atoms with Crippen LogP contribution in [0.1, 0.15) is 12.5 Å². The Hall–Kier alpha value is -2.35. The highest BCUT2D eigenvalue weighted by atomic mass is 79.9. The molecule has 0 bridgehead atoms. The van der Waals surface area contributed by atoms with Crippen molar-refractivity contribution in [1.29, 1.82) is 0 Å². The summed E-state index contributed by atoms with van der Waals surface area (Å²) in [5.41, 5.74) is 0.811. The molecular formula is C15H16BrN3O4. The summed E-state index contributed by atoms with van der Waals surface area (Å²) in [6.07, 6.45) is 1.51. The first-order valence-corrected chi connectivity index (χ1v) is 7.68. The van der Waals surface area contributed by atoms with Crippen molar-refractivity contribution in [3.05, 3.63) is 50.6 Å². The molecule has 8 heteroatoms. The van der Waals surface area contributed by atoms with Crippen LogP contribution in [0.25, 0.3) is 0 Å². The molecular weight excluding hydrogens is 366 g/mol. The summed E-state index contributed by atoms with van der Waals surface area (Å²) in [7, 11) is 1.57. The molecule has 0 amide bonds. The Balaban J connectivity index is 2.18. The van der Waals surface area contributed by atoms with E-state index in [2.05, 4.69) is 26.2 Å². The van der Waals surface area contributed by atoms with Crippen molar-refractivity contribution in [3.63, 3.8) is 0 Å². The number of nitro groups is 1. The number of ether oxygens (including phenoxy) is 2. The molecule has 1 aromatic carbocycles. The molecule has 2 aromatic rings. The Morgan fingerprint density at radius 1 is 1.35 bits per heavy atom. The lowest BCUT2D eigenvalue weighted by Gasteiger charge is -2.12. The summed E-state index contributed by atoms with van der Waals surface area (Å²) in [6.45, 7) is 2.78. The third-order valence-corrected chi connectivity index (χ3v) is 3.45. The molecule has 23 heavy (non-hydrogen) atoms. The highest BCUT2D eigenvalue weighted by Crippen LogP contribution is 2.29. The third-order valence-electron chi connectivity index (χ3n) is 3.02. The van der Waals surface area contributed by atoms with Gasteiger partial charge in [0.25, 0.3) is 0 Å². The number of halogens is 1. The lowest BCUT2D eigenvalue weighted by atomic mass is 10.2. The quantitative estimate of drug-likeness (QED) is 0.580. The van der Waals surface area contributed by atoms with Gasteiger partial charge < -0.3 is 14.8 Å². The van der Waals surface area contributed by atoms with E-state index in [1.54, 1.807) is 13.2 Å². The summed E-state index contributed by atoms with van der Waals surface area (Å²) in [4.78, 5) is 14.7. The summed E-state index contributed by atoms with van der Waals surface area (Å²) in [5.74, 6) is 1.49. The van der Waals surface area contributed by atoms with E-state index < -0.39 is 4.92 Å². The standard InChI is InChI=1S/C15H16BrN3O4/c1-3-23-14-6-10(4-5-13(14)22-2)8-17-15-12(19(20)21)7-11(16)9-18-15/h4-7,9H,3,8H2,1-2H3,(H,17,18). The van der Waals surface area contributed by atoms with Crippen molar-refractivity contribution in [2.45, 2.75) is 13.5 Å². The predicted octanol–water partition coefficient (Wildman–Crippen LogP) is 3.77. The maximum absolute atomic E-state index is 11.1. The Bertz CT molecular complexity index is 709. The van der Waals surface area contributed by atoms with Gasteiger partial charge >= 0.3 is 5.69 Å². The van der Waals surface area contributed by atoms with Gasteiger partial charge in [-0.2, -0.15) is 0 Å². The molecule has 2 rings (SSSR count). The number of benzene rings is 1. The van der Waals surface area contributed by atoms with E-state index in [4.69, 9.17) is 9.47 Å². The second-order valence-electron chi connectivity index (χ2n) is 4.55. The van der Waals surface area contributed by atoms with Crippen molar-refractivity contribution in [3.8, 4) is 11.5 Å². The highest BCUT2D eigenvalue weighted by molar-refractivity contribution is 9.10. The molecule has 0 spiro atoms. The van der Waals surface area contributed by atoms with Gasteiger partial charge in [-0.05, 0) is 40.5 Å². The van der Waals surface area contributed by atoms with Crippen LogP contribution in [0.5, 0.6) is 11.5 Å². The lowest BCUT2D eigenvalue weighted by Crippen LogP contribution is -2.05. The Morgan fingerprint density at radius 2 is 2.13 bits per heavy atom. The molecule has 7 nitrogen and oxygen atoms in total. The van der Waals surface area contributed by atoms with Crippen LogP contribution in [0.4, 0.5) is 11.5 Å². The maximum Gasteiger partial charge on any atom is 0.312 e. The van der Waals surface area contributed by atoms with E-state index in [1.165, 1.54) is 12.3 Å². The topological polar surface area (TPSA) is 86.5 Å². The van der Waals surface area contributed by atoms with E-state index in [0.717, 1.165) is 5.56 Å². The monoisotopic (exact) mass is 381 g/mol. The third kappa shape index (κ3) is 4.32. The predicted molar refractivity (Wildman–Crippen MR) is 90.1 cm³/mol. The van der Waals surface area contributed by atoms with Crippen molar-refractivity contribution >= 4 is 27.4 Å². The molecule has 1 aromatic heterocycles. The molecule has 0 atom stereocenters. The van der Waals surface area contributed by atoms with Gasteiger partial charge in [-0.15, -0.1) is 0 Å². The second-order valence-corrected chi connectivity index (χ2v) is 5.47. The number of anilines is 1. The molecule has 0 saturated carbocycles. The van der Waals surface area contributed by atoms with Crippen LogP contribution in [-0.4, -0.2) is 23.6 Å². The smallest absolute Gasteiger partial charge is 0.312 e. The van der Waals surface area contributed by atoms with Crippen LogP contribution in [-0.2, 0) is 6.54 Å². The molecule has 122 valence electrons. The van der Waals surface area contributed by atoms with Gasteiger partial charge in [-0.25, -0.2) is 4.98 Å². The molecule has 1 N–H and O–H groups in total. The van der Waals surface area contributed by atoms with Crippen molar-refractivity contribution in [2.75, 3.05) is 19.0 Å². The second kappa shape index (κ2) is 7.77. The zero-order chi connectivity index (χ0) is 16.8. The molecule has 0 saturated heterocycles. The van der Waals surface area contributed by atoms with E-state index in [9.17, 15) is 10.1 Å². The molecule has 0 radical (unpaired) electrons. The van der Waals surface area contributed by atoms with Crippen molar-refractivity contribution in [1.82, 2.24) is 4.98 Å². The lowest BCUT2D eigenvalue weighted by molar-refractivity contribution is -0.384. The van der Waals surface area contributed by atoms with E-state index in [1.807, 2.05) is 19.1 Å². The van der Waals surface area contributed by atoms with Gasteiger partial charge in [0, 0.05) is 23.3 Å². The van der Waals surface area contributed by atoms with Crippen LogP contribution in [0.15, 0.2) is 34.9 Å². The van der Waals surface area contributed by atoms with E-state index in [-0.39, 0.29) is 11.5 Å². The molecule has 1 heterocycles. The number of methoxy groups -OCH3 is 1. The summed E-state index contributed by atoms with van der Waals surface area (Å²) < 4.78 is 11.3. The number of pyridine rings is 1. The average molecular weight is 382 g/mol. The molecule has 0 aliphatic carbocycles. The van der Waals surface area contributed by atoms with Gasteiger partial charge in [0.05, 0.1) is 18.6 Å². The number of nitrogens with zero attached hydrogens (tertiary/aromatic N) is 2. The first kappa shape index (κ1) is 17.0. The zero-order valence-corrected chi connectivity index (χ0v) is 14.3. The fourth-order valence-corrected chi connectivity index (χ4v) is 2.31. The van der Waals surface area contributed by atoms with Crippen LogP contribution in [0.2, 0.25) is 0 Å². The molecule has 0 aliphatic rings. The summed E-state index contributed by atoms with van der Waals surface area (Å²) >= 11 is 3.18. The number of rotatable bonds is 7. The minimum atomic E-state index is -0.472. The average Bonchev–Trinajstić information content (AvgIpc) is 2.54. The highest BCUT2D eigenvalue weighted by Gasteiger charge is 2.16. The number of aromatic nitrogens is 1. The number of nitrogens with one attached hydrogen (secondary N) is 1. The SMILES string of the molecule is CCOc1cc(CNc2ncc(Br)cc2[N+](=O)[O-])ccc1OC. The van der Waals surface area contributed by atoms with Crippen LogP contribution < -0.4 is 14.8 Å².